The number of rotatable bonds is 6. The second-order valence-electron chi connectivity index (χ2n) is 5.39. The van der Waals surface area contributed by atoms with Gasteiger partial charge in [0.25, 0.3) is 0 Å². The number of carbonyl (C=O) groups excluding carboxylic acids is 1. The molecular formula is C13H22NO8P. The Balaban J connectivity index is 3.14. The summed E-state index contributed by atoms with van der Waals surface area (Å²) in [4.78, 5) is 29.3. The molecule has 5 atom stereocenters. The Morgan fingerprint density at radius 1 is 1.43 bits per heavy atom. The minimum atomic E-state index is -4.39. The van der Waals surface area contributed by atoms with Crippen molar-refractivity contribution in [3.8, 4) is 0 Å². The van der Waals surface area contributed by atoms with Gasteiger partial charge in [-0.3, -0.25) is 9.36 Å². The molecule has 1 saturated heterocycles. The Kier molecular flexibility index (Phi) is 6.52. The Labute approximate surface area is 133 Å². The first-order valence-corrected chi connectivity index (χ1v) is 8.66. The first kappa shape index (κ1) is 19.8. The van der Waals surface area contributed by atoms with E-state index in [-0.39, 0.29) is 6.42 Å². The van der Waals surface area contributed by atoms with Crippen LogP contribution in [0, 0.1) is 0 Å². The third-order valence-corrected chi connectivity index (χ3v) is 4.46. The van der Waals surface area contributed by atoms with Gasteiger partial charge in [0.05, 0.1) is 24.6 Å². The molecule has 0 aliphatic carbocycles. The highest BCUT2D eigenvalue weighted by atomic mass is 31.2. The van der Waals surface area contributed by atoms with Crippen molar-refractivity contribution in [1.29, 1.82) is 0 Å². The summed E-state index contributed by atoms with van der Waals surface area (Å²) in [5.41, 5.74) is -1.73. The van der Waals surface area contributed by atoms with E-state index in [0.29, 0.717) is 6.26 Å². The van der Waals surface area contributed by atoms with E-state index in [4.69, 9.17) is 19.6 Å². The summed E-state index contributed by atoms with van der Waals surface area (Å²) < 4.78 is 16.7. The minimum absolute atomic E-state index is 0.357. The normalized spacial score (nSPS) is 35.2. The molecule has 132 valence electrons. The van der Waals surface area contributed by atoms with Crippen LogP contribution < -0.4 is 5.32 Å². The van der Waals surface area contributed by atoms with Gasteiger partial charge >= 0.3 is 7.60 Å². The molecule has 1 aliphatic heterocycles. The highest BCUT2D eigenvalue weighted by molar-refractivity contribution is 7.51. The zero-order chi connectivity index (χ0) is 17.8. The largest absolute Gasteiger partial charge is 0.516 e. The molecule has 1 rings (SSSR count). The van der Waals surface area contributed by atoms with Gasteiger partial charge in [0.2, 0.25) is 5.91 Å². The van der Waals surface area contributed by atoms with E-state index in [1.54, 1.807) is 0 Å². The highest BCUT2D eigenvalue weighted by Crippen LogP contribution is 2.42. The number of hydrogen-bond acceptors (Lipinski definition) is 6. The molecule has 1 heterocycles. The molecule has 0 aromatic heterocycles. The van der Waals surface area contributed by atoms with Crippen LogP contribution >= 0.6 is 7.60 Å². The SMILES string of the molecule is C=C[C@H]1O[C@](/C=C/O)(CCP(=O)(O)O)[C@@H](O)[C@H](O)[C@@H]1NC(C)=O. The second kappa shape index (κ2) is 7.57. The average molecular weight is 351 g/mol. The number of aliphatic hydroxyl groups is 3. The summed E-state index contributed by atoms with van der Waals surface area (Å²) in [6.45, 7) is 4.75. The van der Waals surface area contributed by atoms with E-state index in [2.05, 4.69) is 11.9 Å². The van der Waals surface area contributed by atoms with E-state index >= 15 is 0 Å². The summed E-state index contributed by atoms with van der Waals surface area (Å²) in [5.74, 6) is -0.461. The van der Waals surface area contributed by atoms with E-state index in [0.717, 1.165) is 6.08 Å². The maximum absolute atomic E-state index is 11.2. The lowest BCUT2D eigenvalue weighted by atomic mass is 9.81. The number of nitrogens with one attached hydrogen (secondary N) is 1. The lowest BCUT2D eigenvalue weighted by Gasteiger charge is -2.48. The van der Waals surface area contributed by atoms with Crippen LogP contribution in [0.2, 0.25) is 0 Å². The van der Waals surface area contributed by atoms with E-state index in [9.17, 15) is 19.6 Å². The van der Waals surface area contributed by atoms with Crippen LogP contribution in [-0.2, 0) is 14.1 Å². The van der Waals surface area contributed by atoms with Gasteiger partial charge in [-0.2, -0.15) is 0 Å². The van der Waals surface area contributed by atoms with Gasteiger partial charge in [-0.05, 0) is 12.5 Å². The van der Waals surface area contributed by atoms with Crippen molar-refractivity contribution in [3.05, 3.63) is 25.0 Å². The summed E-state index contributed by atoms with van der Waals surface area (Å²) in [7, 11) is -4.39. The van der Waals surface area contributed by atoms with Crippen molar-refractivity contribution in [2.45, 2.75) is 43.3 Å². The van der Waals surface area contributed by atoms with Crippen molar-refractivity contribution >= 4 is 13.5 Å². The molecule has 23 heavy (non-hydrogen) atoms. The van der Waals surface area contributed by atoms with Crippen molar-refractivity contribution in [2.75, 3.05) is 6.16 Å². The quantitative estimate of drug-likeness (QED) is 0.206. The van der Waals surface area contributed by atoms with Crippen LogP contribution in [0.1, 0.15) is 13.3 Å². The minimum Gasteiger partial charge on any atom is -0.516 e. The van der Waals surface area contributed by atoms with Gasteiger partial charge in [0, 0.05) is 6.92 Å². The fourth-order valence-electron chi connectivity index (χ4n) is 2.55. The standard InChI is InChI=1S/C13H22NO8P/c1-3-9-10(14-8(2)16)11(17)12(18)13(22-9,4-6-15)5-7-23(19,20)21/h3-4,6,9-12,15,17-18H,1,5,7H2,2H3,(H,14,16)(H2,19,20,21)/b6-4+/t9-,10-,11-,12+,13-/m1/s1. The van der Waals surface area contributed by atoms with Gasteiger partial charge in [0.1, 0.15) is 17.8 Å². The Morgan fingerprint density at radius 2 is 2.04 bits per heavy atom. The highest BCUT2D eigenvalue weighted by Gasteiger charge is 2.52. The molecule has 1 amide bonds. The zero-order valence-electron chi connectivity index (χ0n) is 12.6. The molecule has 6 N–H and O–H groups in total. The molecule has 0 spiro atoms. The molecular weight excluding hydrogens is 329 g/mol. The predicted molar refractivity (Wildman–Crippen MR) is 80.7 cm³/mol. The van der Waals surface area contributed by atoms with Gasteiger partial charge in [-0.15, -0.1) is 6.58 Å². The molecule has 0 radical (unpaired) electrons. The molecule has 0 saturated carbocycles. The Hall–Kier alpha value is -1.22. The van der Waals surface area contributed by atoms with Crippen LogP contribution in [0.25, 0.3) is 0 Å². The topological polar surface area (TPSA) is 157 Å². The molecule has 0 bridgehead atoms. The third kappa shape index (κ3) is 4.87. The molecule has 0 aromatic rings. The van der Waals surface area contributed by atoms with E-state index in [1.807, 2.05) is 0 Å². The van der Waals surface area contributed by atoms with Gasteiger partial charge in [0.15, 0.2) is 0 Å². The van der Waals surface area contributed by atoms with Crippen molar-refractivity contribution in [2.24, 2.45) is 0 Å². The average Bonchev–Trinajstić information content (AvgIpc) is 2.44. The molecule has 0 aromatic carbocycles. The Morgan fingerprint density at radius 3 is 2.48 bits per heavy atom. The number of ether oxygens (including phenoxy) is 1. The molecule has 1 aliphatic rings. The monoisotopic (exact) mass is 351 g/mol. The number of aliphatic hydroxyl groups excluding tert-OH is 3. The van der Waals surface area contributed by atoms with Crippen molar-refractivity contribution in [1.82, 2.24) is 5.32 Å². The van der Waals surface area contributed by atoms with Gasteiger partial charge < -0.3 is 35.2 Å². The lowest BCUT2D eigenvalue weighted by molar-refractivity contribution is -0.209. The Bertz CT molecular complexity index is 518. The van der Waals surface area contributed by atoms with Crippen LogP contribution in [0.5, 0.6) is 0 Å². The fraction of sp³-hybridized carbons (Fsp3) is 0.615. The first-order valence-electron chi connectivity index (χ1n) is 6.86. The first-order chi connectivity index (χ1) is 10.6. The van der Waals surface area contributed by atoms with Crippen LogP contribution in [0.3, 0.4) is 0 Å². The second-order valence-corrected chi connectivity index (χ2v) is 7.17. The van der Waals surface area contributed by atoms with Gasteiger partial charge in [-0.1, -0.05) is 6.08 Å². The fourth-order valence-corrected chi connectivity index (χ4v) is 3.19. The maximum atomic E-state index is 11.2. The summed E-state index contributed by atoms with van der Waals surface area (Å²) in [6.07, 6.45) is -2.20. The number of amides is 1. The number of carbonyl (C=O) groups is 1. The smallest absolute Gasteiger partial charge is 0.325 e. The van der Waals surface area contributed by atoms with Crippen LogP contribution in [0.15, 0.2) is 25.0 Å². The number of hydrogen-bond donors (Lipinski definition) is 6. The van der Waals surface area contributed by atoms with E-state index < -0.39 is 49.6 Å². The van der Waals surface area contributed by atoms with Crippen LogP contribution in [-0.4, -0.2) is 67.1 Å². The molecule has 9 nitrogen and oxygen atoms in total. The van der Waals surface area contributed by atoms with Crippen LogP contribution in [0.4, 0.5) is 0 Å². The van der Waals surface area contributed by atoms with Gasteiger partial charge in [-0.25, -0.2) is 0 Å². The lowest BCUT2D eigenvalue weighted by Crippen LogP contribution is -2.67. The van der Waals surface area contributed by atoms with Crippen molar-refractivity contribution in [3.63, 3.8) is 0 Å². The predicted octanol–water partition coefficient (Wildman–Crippen LogP) is -0.824. The molecule has 0 unspecified atom stereocenters. The van der Waals surface area contributed by atoms with E-state index in [1.165, 1.54) is 13.0 Å². The third-order valence-electron chi connectivity index (χ3n) is 3.65. The molecule has 1 fully saturated rings. The summed E-state index contributed by atoms with van der Waals surface area (Å²) in [6, 6.07) is -0.990. The maximum Gasteiger partial charge on any atom is 0.325 e. The molecule has 10 heteroatoms. The summed E-state index contributed by atoms with van der Waals surface area (Å²) in [5, 5.41) is 32.1. The zero-order valence-corrected chi connectivity index (χ0v) is 13.5. The van der Waals surface area contributed by atoms with Crippen molar-refractivity contribution < 1.29 is 39.2 Å². The summed E-state index contributed by atoms with van der Waals surface area (Å²) >= 11 is 0.